The summed E-state index contributed by atoms with van der Waals surface area (Å²) < 4.78 is 12.9. The third kappa shape index (κ3) is 6.83. The number of fused-ring (bicyclic) bond motifs is 1. The standard InChI is InChI=1S/C38H53N3O7/c1-5-8-19-31(43)39-23-30(26-15-11-9-12-16-26)47-37(46)32-29-20-21-38(48-29)33(32)35(44)41(28(24-42)25(4)7-3)34(38)36(45)40(22-6-2)27-17-13-10-14-18-27/h5-6,9,11-12,15-16,25,27-30,32-34,42H,1-2,7-8,10,13-14,17-24H2,3-4H3,(H,39,43)/t25-,28-,29+,30+,32-,33-,34+,38-/m0/s1. The fourth-order valence-electron chi connectivity index (χ4n) is 8.56. The second kappa shape index (κ2) is 15.8. The maximum Gasteiger partial charge on any atom is 0.313 e. The molecule has 0 unspecified atom stereocenters. The summed E-state index contributed by atoms with van der Waals surface area (Å²) >= 11 is 0. The van der Waals surface area contributed by atoms with Crippen LogP contribution in [0.3, 0.4) is 0 Å². The van der Waals surface area contributed by atoms with Gasteiger partial charge in [0.15, 0.2) is 0 Å². The van der Waals surface area contributed by atoms with Gasteiger partial charge in [0.25, 0.3) is 0 Å². The molecule has 8 atom stereocenters. The molecular weight excluding hydrogens is 610 g/mol. The lowest BCUT2D eigenvalue weighted by molar-refractivity contribution is -0.161. The number of esters is 1. The molecule has 5 rings (SSSR count). The van der Waals surface area contributed by atoms with Gasteiger partial charge in [-0.25, -0.2) is 0 Å². The lowest BCUT2D eigenvalue weighted by Gasteiger charge is -2.43. The van der Waals surface area contributed by atoms with Crippen LogP contribution in [0.4, 0.5) is 0 Å². The van der Waals surface area contributed by atoms with E-state index >= 15 is 0 Å². The third-order valence-electron chi connectivity index (χ3n) is 11.2. The van der Waals surface area contributed by atoms with Gasteiger partial charge in [-0.05, 0) is 43.6 Å². The van der Waals surface area contributed by atoms with Crippen molar-refractivity contribution in [3.63, 3.8) is 0 Å². The van der Waals surface area contributed by atoms with Gasteiger partial charge in [0.2, 0.25) is 17.7 Å². The number of nitrogens with one attached hydrogen (secondary N) is 1. The Morgan fingerprint density at radius 3 is 2.52 bits per heavy atom. The Bertz CT molecular complexity index is 1330. The van der Waals surface area contributed by atoms with Gasteiger partial charge in [-0.2, -0.15) is 0 Å². The van der Waals surface area contributed by atoms with Crippen molar-refractivity contribution in [3.8, 4) is 0 Å². The van der Waals surface area contributed by atoms with Crippen LogP contribution < -0.4 is 5.32 Å². The number of benzene rings is 1. The van der Waals surface area contributed by atoms with Crippen LogP contribution in [0.5, 0.6) is 0 Å². The second-order valence-electron chi connectivity index (χ2n) is 14.0. The average Bonchev–Trinajstić information content (AvgIpc) is 3.76. The van der Waals surface area contributed by atoms with Crippen LogP contribution in [-0.2, 0) is 28.7 Å². The number of ether oxygens (including phenoxy) is 2. The van der Waals surface area contributed by atoms with Crippen molar-refractivity contribution in [1.82, 2.24) is 15.1 Å². The molecule has 10 heteroatoms. The molecule has 3 aliphatic heterocycles. The Labute approximate surface area is 284 Å². The van der Waals surface area contributed by atoms with Crippen LogP contribution in [0.1, 0.15) is 89.7 Å². The summed E-state index contributed by atoms with van der Waals surface area (Å²) in [6.45, 7) is 11.7. The van der Waals surface area contributed by atoms with E-state index in [1.165, 1.54) is 0 Å². The number of amides is 3. The van der Waals surface area contributed by atoms with Gasteiger partial charge >= 0.3 is 5.97 Å². The van der Waals surface area contributed by atoms with Gasteiger partial charge in [-0.1, -0.05) is 82.0 Å². The van der Waals surface area contributed by atoms with Gasteiger partial charge in [0.05, 0.1) is 37.1 Å². The Morgan fingerprint density at radius 1 is 1.15 bits per heavy atom. The molecule has 1 aromatic rings. The summed E-state index contributed by atoms with van der Waals surface area (Å²) in [6, 6.07) is 7.65. The van der Waals surface area contributed by atoms with Crippen molar-refractivity contribution in [2.75, 3.05) is 19.7 Å². The van der Waals surface area contributed by atoms with Gasteiger partial charge in [0.1, 0.15) is 17.7 Å². The van der Waals surface area contributed by atoms with E-state index in [4.69, 9.17) is 9.47 Å². The molecule has 1 saturated carbocycles. The predicted octanol–water partition coefficient (Wildman–Crippen LogP) is 4.48. The van der Waals surface area contributed by atoms with Crippen molar-refractivity contribution in [2.45, 2.75) is 114 Å². The first-order chi connectivity index (χ1) is 23.2. The zero-order valence-electron chi connectivity index (χ0n) is 28.6. The maximum atomic E-state index is 14.9. The Morgan fingerprint density at radius 2 is 1.88 bits per heavy atom. The zero-order chi connectivity index (χ0) is 34.4. The molecule has 1 aromatic carbocycles. The van der Waals surface area contributed by atoms with E-state index in [1.807, 2.05) is 49.1 Å². The molecule has 48 heavy (non-hydrogen) atoms. The van der Waals surface area contributed by atoms with Crippen LogP contribution >= 0.6 is 0 Å². The first-order valence-corrected chi connectivity index (χ1v) is 17.9. The van der Waals surface area contributed by atoms with Crippen molar-refractivity contribution < 1.29 is 33.8 Å². The number of aliphatic hydroxyl groups excluding tert-OH is 1. The van der Waals surface area contributed by atoms with Crippen molar-refractivity contribution in [1.29, 1.82) is 0 Å². The summed E-state index contributed by atoms with van der Waals surface area (Å²) in [5.41, 5.74) is -0.496. The van der Waals surface area contributed by atoms with Crippen LogP contribution in [0.2, 0.25) is 0 Å². The van der Waals surface area contributed by atoms with E-state index in [2.05, 4.69) is 18.5 Å². The molecule has 3 saturated heterocycles. The van der Waals surface area contributed by atoms with Gasteiger partial charge in [-0.15, -0.1) is 13.2 Å². The molecule has 1 aliphatic carbocycles. The molecule has 10 nitrogen and oxygen atoms in total. The lowest BCUT2D eigenvalue weighted by Crippen LogP contribution is -2.61. The number of nitrogens with zero attached hydrogens (tertiary/aromatic N) is 2. The number of carbonyl (C=O) groups excluding carboxylic acids is 4. The van der Waals surface area contributed by atoms with Crippen LogP contribution in [-0.4, -0.2) is 88.1 Å². The minimum atomic E-state index is -1.21. The van der Waals surface area contributed by atoms with Crippen LogP contribution in [0.25, 0.3) is 0 Å². The van der Waals surface area contributed by atoms with E-state index in [1.54, 1.807) is 17.1 Å². The minimum absolute atomic E-state index is 0.0283. The quantitative estimate of drug-likeness (QED) is 0.197. The maximum absolute atomic E-state index is 14.9. The summed E-state index contributed by atoms with van der Waals surface area (Å²) in [5, 5.41) is 13.6. The van der Waals surface area contributed by atoms with Gasteiger partial charge in [-0.3, -0.25) is 19.2 Å². The summed E-state index contributed by atoms with van der Waals surface area (Å²) in [6.07, 6.45) is 9.45. The normalized spacial score (nSPS) is 28.3. The number of allylic oxidation sites excluding steroid dienone is 1. The Balaban J connectivity index is 1.48. The largest absolute Gasteiger partial charge is 0.455 e. The summed E-state index contributed by atoms with van der Waals surface area (Å²) in [7, 11) is 0. The fraction of sp³-hybridized carbons (Fsp3) is 0.632. The third-order valence-corrected chi connectivity index (χ3v) is 11.2. The molecule has 0 radical (unpaired) electrons. The van der Waals surface area contributed by atoms with Crippen molar-refractivity contribution >= 4 is 23.7 Å². The van der Waals surface area contributed by atoms with Crippen molar-refractivity contribution in [2.24, 2.45) is 17.8 Å². The fourth-order valence-corrected chi connectivity index (χ4v) is 8.56. The molecule has 2 bridgehead atoms. The first-order valence-electron chi connectivity index (χ1n) is 17.9. The molecule has 262 valence electrons. The topological polar surface area (TPSA) is 125 Å². The monoisotopic (exact) mass is 663 g/mol. The molecular formula is C38H53N3O7. The van der Waals surface area contributed by atoms with E-state index < -0.39 is 47.7 Å². The summed E-state index contributed by atoms with van der Waals surface area (Å²) in [4.78, 5) is 59.8. The smallest absolute Gasteiger partial charge is 0.313 e. The van der Waals surface area contributed by atoms with E-state index in [9.17, 15) is 24.3 Å². The number of likely N-dealkylation sites (tertiary alicyclic amines) is 1. The average molecular weight is 664 g/mol. The van der Waals surface area contributed by atoms with Crippen LogP contribution in [0.15, 0.2) is 55.6 Å². The van der Waals surface area contributed by atoms with E-state index in [-0.39, 0.29) is 49.3 Å². The SMILES string of the molecule is C=CCCC(=O)NC[C@@H](OC(=O)[C@@H]1[C@H]2C(=O)N([C@@H](CO)[C@@H](C)CC)[C@H](C(=O)N(CC=C)C3CCCCC3)[C@]23CC[C@H]1O3)c1ccccc1. The summed E-state index contributed by atoms with van der Waals surface area (Å²) in [5.74, 6) is -3.24. The molecule has 3 amide bonds. The molecule has 4 aliphatic rings. The number of aliphatic hydroxyl groups is 1. The van der Waals surface area contributed by atoms with Gasteiger partial charge in [0, 0.05) is 19.0 Å². The number of hydrogen-bond donors (Lipinski definition) is 2. The molecule has 0 aromatic heterocycles. The Kier molecular flexibility index (Phi) is 11.8. The number of hydrogen-bond acceptors (Lipinski definition) is 7. The van der Waals surface area contributed by atoms with Crippen molar-refractivity contribution in [3.05, 3.63) is 61.2 Å². The Hall–Kier alpha value is -3.50. The van der Waals surface area contributed by atoms with E-state index in [0.717, 1.165) is 32.1 Å². The zero-order valence-corrected chi connectivity index (χ0v) is 28.6. The predicted molar refractivity (Wildman–Crippen MR) is 181 cm³/mol. The number of carbonyl (C=O) groups is 4. The lowest BCUT2D eigenvalue weighted by atomic mass is 9.70. The highest BCUT2D eigenvalue weighted by atomic mass is 16.6. The highest BCUT2D eigenvalue weighted by Gasteiger charge is 2.76. The van der Waals surface area contributed by atoms with Gasteiger partial charge < -0.3 is 29.7 Å². The minimum Gasteiger partial charge on any atom is -0.455 e. The molecule has 2 N–H and O–H groups in total. The molecule has 1 spiro atoms. The highest BCUT2D eigenvalue weighted by molar-refractivity contribution is 5.98. The molecule has 3 heterocycles. The van der Waals surface area contributed by atoms with E-state index in [0.29, 0.717) is 37.8 Å². The number of rotatable bonds is 16. The second-order valence-corrected chi connectivity index (χ2v) is 14.0. The van der Waals surface area contributed by atoms with Crippen LogP contribution in [0, 0.1) is 17.8 Å². The highest BCUT2D eigenvalue weighted by Crippen LogP contribution is 2.59. The molecule has 4 fully saturated rings. The first kappa shape index (κ1) is 35.8.